The number of fused-ring (bicyclic) bond motifs is 1. The summed E-state index contributed by atoms with van der Waals surface area (Å²) in [5, 5.41) is 11.1. The molecule has 3 rings (SSSR count). The van der Waals surface area contributed by atoms with Gasteiger partial charge in [0.25, 0.3) is 0 Å². The van der Waals surface area contributed by atoms with Crippen LogP contribution in [0.15, 0.2) is 60.8 Å². The summed E-state index contributed by atoms with van der Waals surface area (Å²) in [6, 6.07) is 14.5. The van der Waals surface area contributed by atoms with Crippen molar-refractivity contribution in [1.29, 1.82) is 0 Å². The topological polar surface area (TPSA) is 175 Å². The van der Waals surface area contributed by atoms with Gasteiger partial charge in [-0.15, -0.1) is 0 Å². The third kappa shape index (κ3) is 8.20. The highest BCUT2D eigenvalue weighted by atomic mass is 16.2. The number of H-pyrrole nitrogens is 1. The zero-order chi connectivity index (χ0) is 26.8. The molecule has 0 bridgehead atoms. The molecule has 0 saturated carbocycles. The van der Waals surface area contributed by atoms with Gasteiger partial charge in [-0.2, -0.15) is 0 Å². The van der Waals surface area contributed by atoms with Gasteiger partial charge in [0.1, 0.15) is 12.1 Å². The number of hydrogen-bond acceptors (Lipinski definition) is 5. The first-order chi connectivity index (χ1) is 17.7. The Morgan fingerprint density at radius 3 is 2.19 bits per heavy atom. The van der Waals surface area contributed by atoms with Crippen LogP contribution < -0.4 is 27.0 Å². The minimum Gasteiger partial charge on any atom is -0.368 e. The summed E-state index contributed by atoms with van der Waals surface area (Å²) in [7, 11) is 0. The summed E-state index contributed by atoms with van der Waals surface area (Å²) in [5.74, 6) is -2.86. The van der Waals surface area contributed by atoms with E-state index in [0.29, 0.717) is 0 Å². The van der Waals surface area contributed by atoms with Crippen LogP contribution in [0.25, 0.3) is 10.9 Å². The molecule has 1 aromatic heterocycles. The van der Waals surface area contributed by atoms with Gasteiger partial charge in [-0.1, -0.05) is 48.5 Å². The zero-order valence-electron chi connectivity index (χ0n) is 20.4. The minimum absolute atomic E-state index is 0.123. The Hall–Kier alpha value is -4.67. The molecule has 0 aliphatic carbocycles. The molecular weight excluding hydrogens is 476 g/mol. The van der Waals surface area contributed by atoms with E-state index in [-0.39, 0.29) is 31.8 Å². The van der Waals surface area contributed by atoms with Gasteiger partial charge >= 0.3 is 0 Å². The van der Waals surface area contributed by atoms with Crippen LogP contribution in [0.5, 0.6) is 0 Å². The third-order valence-corrected chi connectivity index (χ3v) is 5.60. The number of rotatable bonds is 12. The Balaban J connectivity index is 1.82. The largest absolute Gasteiger partial charge is 0.368 e. The summed E-state index contributed by atoms with van der Waals surface area (Å²) in [6.45, 7) is 0.590. The number of benzene rings is 2. The molecule has 2 atom stereocenters. The average Bonchev–Trinajstić information content (AvgIpc) is 3.28. The zero-order valence-corrected chi connectivity index (χ0v) is 20.4. The van der Waals surface area contributed by atoms with Gasteiger partial charge in [0, 0.05) is 36.9 Å². The van der Waals surface area contributed by atoms with E-state index in [1.807, 2.05) is 42.5 Å². The maximum atomic E-state index is 13.4. The highest BCUT2D eigenvalue weighted by Crippen LogP contribution is 2.19. The van der Waals surface area contributed by atoms with Gasteiger partial charge in [0.2, 0.25) is 29.5 Å². The first kappa shape index (κ1) is 26.9. The van der Waals surface area contributed by atoms with E-state index in [1.54, 1.807) is 18.3 Å². The molecule has 11 nitrogen and oxygen atoms in total. The van der Waals surface area contributed by atoms with Crippen LogP contribution in [0.2, 0.25) is 0 Å². The fraction of sp³-hybridized carbons (Fsp3) is 0.269. The number of carbonyl (C=O) groups is 5. The summed E-state index contributed by atoms with van der Waals surface area (Å²) in [6.07, 6.45) is 2.03. The Morgan fingerprint density at radius 2 is 1.49 bits per heavy atom. The van der Waals surface area contributed by atoms with Crippen molar-refractivity contribution < 1.29 is 24.0 Å². The Labute approximate surface area is 213 Å². The van der Waals surface area contributed by atoms with Crippen LogP contribution >= 0.6 is 0 Å². The van der Waals surface area contributed by atoms with E-state index in [2.05, 4.69) is 26.3 Å². The van der Waals surface area contributed by atoms with Crippen molar-refractivity contribution in [2.75, 3.05) is 13.1 Å². The van der Waals surface area contributed by atoms with E-state index in [9.17, 15) is 24.0 Å². The van der Waals surface area contributed by atoms with Crippen LogP contribution in [-0.2, 0) is 36.8 Å². The van der Waals surface area contributed by atoms with Crippen molar-refractivity contribution >= 4 is 40.4 Å². The first-order valence-corrected chi connectivity index (χ1v) is 11.7. The molecule has 1 heterocycles. The molecule has 0 unspecified atom stereocenters. The van der Waals surface area contributed by atoms with Crippen molar-refractivity contribution in [1.82, 2.24) is 26.3 Å². The van der Waals surface area contributed by atoms with Crippen LogP contribution in [0.1, 0.15) is 18.1 Å². The summed E-state index contributed by atoms with van der Waals surface area (Å²) in [4.78, 5) is 64.3. The van der Waals surface area contributed by atoms with Crippen LogP contribution in [0.3, 0.4) is 0 Å². The standard InChI is InChI=1S/C26H30N6O5/c1-16(33)28-15-24(35)31-21(11-17-7-3-2-4-8-17)26(37)32-22(25(36)30-14-23(27)34)12-18-13-29-20-10-6-5-9-19(18)20/h2-10,13,21-22,29H,11-12,14-15H2,1H3,(H2,27,34)(H,28,33)(H,30,36)(H,31,35)(H,32,37)/t21-,22+/m0/s1. The maximum absolute atomic E-state index is 13.4. The van der Waals surface area contributed by atoms with Gasteiger partial charge in [-0.3, -0.25) is 24.0 Å². The lowest BCUT2D eigenvalue weighted by atomic mass is 10.0. The van der Waals surface area contributed by atoms with Crippen LogP contribution in [-0.4, -0.2) is 59.7 Å². The van der Waals surface area contributed by atoms with E-state index in [0.717, 1.165) is 22.0 Å². The molecule has 0 radical (unpaired) electrons. The van der Waals surface area contributed by atoms with Gasteiger partial charge in [-0.25, -0.2) is 0 Å². The molecule has 0 saturated heterocycles. The molecule has 5 amide bonds. The molecule has 37 heavy (non-hydrogen) atoms. The van der Waals surface area contributed by atoms with E-state index < -0.39 is 35.7 Å². The van der Waals surface area contributed by atoms with Crippen molar-refractivity contribution in [3.8, 4) is 0 Å². The number of para-hydroxylation sites is 1. The van der Waals surface area contributed by atoms with E-state index >= 15 is 0 Å². The first-order valence-electron chi connectivity index (χ1n) is 11.7. The quantitative estimate of drug-likeness (QED) is 0.197. The lowest BCUT2D eigenvalue weighted by Gasteiger charge is -2.23. The highest BCUT2D eigenvalue weighted by Gasteiger charge is 2.28. The molecule has 194 valence electrons. The SMILES string of the molecule is CC(=O)NCC(=O)N[C@@H](Cc1ccccc1)C(=O)N[C@H](Cc1c[nH]c2ccccc12)C(=O)NCC(N)=O. The molecular formula is C26H30N6O5. The average molecular weight is 507 g/mol. The number of hydrogen-bond donors (Lipinski definition) is 6. The Morgan fingerprint density at radius 1 is 0.811 bits per heavy atom. The smallest absolute Gasteiger partial charge is 0.243 e. The fourth-order valence-corrected chi connectivity index (χ4v) is 3.81. The second-order valence-corrected chi connectivity index (χ2v) is 8.53. The summed E-state index contributed by atoms with van der Waals surface area (Å²) in [5.41, 5.74) is 7.60. The molecule has 11 heteroatoms. The number of amides is 5. The monoisotopic (exact) mass is 506 g/mol. The van der Waals surface area contributed by atoms with Crippen molar-refractivity contribution in [3.63, 3.8) is 0 Å². The highest BCUT2D eigenvalue weighted by molar-refractivity contribution is 5.94. The van der Waals surface area contributed by atoms with E-state index in [1.165, 1.54) is 6.92 Å². The van der Waals surface area contributed by atoms with Crippen LogP contribution in [0.4, 0.5) is 0 Å². The summed E-state index contributed by atoms with van der Waals surface area (Å²) < 4.78 is 0. The molecule has 3 aromatic rings. The number of primary amides is 1. The van der Waals surface area contributed by atoms with Crippen molar-refractivity contribution in [2.24, 2.45) is 5.73 Å². The van der Waals surface area contributed by atoms with Gasteiger partial charge in [0.15, 0.2) is 0 Å². The molecule has 7 N–H and O–H groups in total. The molecule has 0 aliphatic heterocycles. The van der Waals surface area contributed by atoms with Crippen molar-refractivity contribution in [3.05, 3.63) is 71.9 Å². The van der Waals surface area contributed by atoms with Gasteiger partial charge in [-0.05, 0) is 17.2 Å². The number of nitrogens with one attached hydrogen (secondary N) is 5. The fourth-order valence-electron chi connectivity index (χ4n) is 3.81. The third-order valence-electron chi connectivity index (χ3n) is 5.60. The lowest BCUT2D eigenvalue weighted by molar-refractivity contribution is -0.132. The molecule has 0 fully saturated rings. The second kappa shape index (κ2) is 12.9. The number of aromatic nitrogens is 1. The minimum atomic E-state index is -1.06. The van der Waals surface area contributed by atoms with Gasteiger partial charge < -0.3 is 32.0 Å². The number of aromatic amines is 1. The number of nitrogens with two attached hydrogens (primary N) is 1. The predicted molar refractivity (Wildman–Crippen MR) is 137 cm³/mol. The number of carbonyl (C=O) groups excluding carboxylic acids is 5. The van der Waals surface area contributed by atoms with E-state index in [4.69, 9.17) is 5.73 Å². The summed E-state index contributed by atoms with van der Waals surface area (Å²) >= 11 is 0. The maximum Gasteiger partial charge on any atom is 0.243 e. The lowest BCUT2D eigenvalue weighted by Crippen LogP contribution is -2.56. The molecule has 0 aliphatic rings. The molecule has 2 aromatic carbocycles. The van der Waals surface area contributed by atoms with Crippen LogP contribution in [0, 0.1) is 0 Å². The normalized spacial score (nSPS) is 12.2. The second-order valence-electron chi connectivity index (χ2n) is 8.53. The Kier molecular flexibility index (Phi) is 9.36. The Bertz CT molecular complexity index is 1270. The predicted octanol–water partition coefficient (Wildman–Crippen LogP) is -0.340. The van der Waals surface area contributed by atoms with Crippen molar-refractivity contribution in [2.45, 2.75) is 31.8 Å². The van der Waals surface area contributed by atoms with Gasteiger partial charge in [0.05, 0.1) is 13.1 Å². The molecule has 0 spiro atoms.